The van der Waals surface area contributed by atoms with Crippen molar-refractivity contribution in [1.29, 1.82) is 0 Å². The van der Waals surface area contributed by atoms with Gasteiger partial charge in [-0.25, -0.2) is 8.42 Å². The van der Waals surface area contributed by atoms with Crippen molar-refractivity contribution in [2.24, 2.45) is 11.8 Å². The van der Waals surface area contributed by atoms with Gasteiger partial charge in [0.05, 0.1) is 4.90 Å². The summed E-state index contributed by atoms with van der Waals surface area (Å²) in [5.74, 6) is 1.06. The molecule has 1 aliphatic rings. The molecule has 20 heavy (non-hydrogen) atoms. The molecule has 0 aromatic heterocycles. The van der Waals surface area contributed by atoms with Crippen LogP contribution in [0.5, 0.6) is 0 Å². The first-order valence-electron chi connectivity index (χ1n) is 6.63. The van der Waals surface area contributed by atoms with E-state index in [4.69, 9.17) is 10.7 Å². The minimum atomic E-state index is -3.74. The van der Waals surface area contributed by atoms with Gasteiger partial charge in [-0.05, 0) is 42.5 Å². The minimum Gasteiger partial charge on any atom is -0.338 e. The van der Waals surface area contributed by atoms with Crippen LogP contribution in [0.2, 0.25) is 0 Å². The van der Waals surface area contributed by atoms with Crippen LogP contribution in [0.15, 0.2) is 29.2 Å². The van der Waals surface area contributed by atoms with Gasteiger partial charge >= 0.3 is 0 Å². The molecule has 1 atom stereocenters. The van der Waals surface area contributed by atoms with E-state index in [1.165, 1.54) is 24.3 Å². The predicted octanol–water partition coefficient (Wildman–Crippen LogP) is 2.73. The highest BCUT2D eigenvalue weighted by Crippen LogP contribution is 2.25. The second-order valence-corrected chi connectivity index (χ2v) is 8.07. The number of rotatable bonds is 3. The Hall–Kier alpha value is -1.07. The van der Waals surface area contributed by atoms with Crippen molar-refractivity contribution in [1.82, 2.24) is 4.90 Å². The topological polar surface area (TPSA) is 54.5 Å². The molecule has 6 heteroatoms. The molecule has 0 radical (unpaired) electrons. The van der Waals surface area contributed by atoms with E-state index in [0.29, 0.717) is 17.4 Å². The summed E-state index contributed by atoms with van der Waals surface area (Å²) >= 11 is 0. The fourth-order valence-corrected chi connectivity index (χ4v) is 3.23. The first kappa shape index (κ1) is 15.3. The third-order valence-electron chi connectivity index (χ3n) is 3.84. The smallest absolute Gasteiger partial charge is 0.261 e. The number of carbonyl (C=O) groups is 1. The average Bonchev–Trinajstić information content (AvgIpc) is 2.86. The first-order chi connectivity index (χ1) is 9.29. The number of hydrogen-bond donors (Lipinski definition) is 0. The van der Waals surface area contributed by atoms with Gasteiger partial charge in [-0.2, -0.15) is 0 Å². The van der Waals surface area contributed by atoms with Crippen molar-refractivity contribution in [3.8, 4) is 0 Å². The number of halogens is 1. The molecule has 0 N–H and O–H groups in total. The van der Waals surface area contributed by atoms with Crippen LogP contribution in [0.4, 0.5) is 0 Å². The number of carbonyl (C=O) groups excluding carboxylic acids is 1. The molecular formula is C14H18ClNO3S. The Labute approximate surface area is 124 Å². The van der Waals surface area contributed by atoms with Crippen LogP contribution >= 0.6 is 10.7 Å². The Kier molecular flexibility index (Phi) is 4.39. The molecule has 1 amide bonds. The zero-order valence-corrected chi connectivity index (χ0v) is 13.1. The van der Waals surface area contributed by atoms with Gasteiger partial charge in [0.15, 0.2) is 0 Å². The maximum Gasteiger partial charge on any atom is 0.261 e. The highest BCUT2D eigenvalue weighted by Gasteiger charge is 2.28. The molecule has 1 aromatic carbocycles. The maximum atomic E-state index is 12.3. The summed E-state index contributed by atoms with van der Waals surface area (Å²) in [6, 6.07) is 5.76. The summed E-state index contributed by atoms with van der Waals surface area (Å²) in [5.41, 5.74) is 0.499. The Balaban J connectivity index is 2.11. The van der Waals surface area contributed by atoms with Gasteiger partial charge in [0.25, 0.3) is 15.0 Å². The van der Waals surface area contributed by atoms with Crippen molar-refractivity contribution >= 4 is 25.6 Å². The number of benzene rings is 1. The lowest BCUT2D eigenvalue weighted by Crippen LogP contribution is -2.29. The van der Waals surface area contributed by atoms with E-state index in [1.54, 1.807) is 0 Å². The summed E-state index contributed by atoms with van der Waals surface area (Å²) in [6.45, 7) is 5.86. The van der Waals surface area contributed by atoms with E-state index in [2.05, 4.69) is 13.8 Å². The third-order valence-corrected chi connectivity index (χ3v) is 5.21. The van der Waals surface area contributed by atoms with E-state index >= 15 is 0 Å². The van der Waals surface area contributed by atoms with Crippen molar-refractivity contribution in [2.45, 2.75) is 25.2 Å². The lowest BCUT2D eigenvalue weighted by Gasteiger charge is -2.18. The maximum absolute atomic E-state index is 12.3. The Morgan fingerprint density at radius 2 is 1.90 bits per heavy atom. The lowest BCUT2D eigenvalue weighted by molar-refractivity contribution is 0.0784. The summed E-state index contributed by atoms with van der Waals surface area (Å²) in [6.07, 6.45) is 1.03. The largest absolute Gasteiger partial charge is 0.338 e. The lowest BCUT2D eigenvalue weighted by atomic mass is 9.95. The fraction of sp³-hybridized carbons (Fsp3) is 0.500. The molecule has 0 aliphatic carbocycles. The molecule has 0 spiro atoms. The molecule has 1 fully saturated rings. The zero-order chi connectivity index (χ0) is 14.9. The summed E-state index contributed by atoms with van der Waals surface area (Å²) in [4.78, 5) is 14.2. The highest BCUT2D eigenvalue weighted by atomic mass is 35.7. The molecule has 1 saturated heterocycles. The second kappa shape index (κ2) is 5.74. The third kappa shape index (κ3) is 3.33. The van der Waals surface area contributed by atoms with Gasteiger partial charge in [0.1, 0.15) is 0 Å². The van der Waals surface area contributed by atoms with E-state index < -0.39 is 9.05 Å². The van der Waals surface area contributed by atoms with Gasteiger partial charge in [-0.1, -0.05) is 13.8 Å². The zero-order valence-electron chi connectivity index (χ0n) is 11.5. The predicted molar refractivity (Wildman–Crippen MR) is 78.3 cm³/mol. The Morgan fingerprint density at radius 3 is 2.35 bits per heavy atom. The van der Waals surface area contributed by atoms with Crippen LogP contribution < -0.4 is 0 Å². The number of hydrogen-bond acceptors (Lipinski definition) is 3. The molecule has 4 nitrogen and oxygen atoms in total. The Bertz CT molecular complexity index is 595. The standard InChI is InChI=1S/C14H18ClNO3S/c1-10(2)12-7-8-16(9-12)14(17)11-3-5-13(6-4-11)20(15,18)19/h3-6,10,12H,7-9H2,1-2H3. The molecule has 1 unspecified atom stereocenters. The van der Waals surface area contributed by atoms with Gasteiger partial charge in [-0.3, -0.25) is 4.79 Å². The van der Waals surface area contributed by atoms with Crippen molar-refractivity contribution < 1.29 is 13.2 Å². The van der Waals surface area contributed by atoms with E-state index in [9.17, 15) is 13.2 Å². The average molecular weight is 316 g/mol. The fourth-order valence-electron chi connectivity index (χ4n) is 2.46. The number of amides is 1. The first-order valence-corrected chi connectivity index (χ1v) is 8.94. The van der Waals surface area contributed by atoms with Crippen LogP contribution in [0, 0.1) is 11.8 Å². The number of nitrogens with zero attached hydrogens (tertiary/aromatic N) is 1. The quantitative estimate of drug-likeness (QED) is 0.806. The van der Waals surface area contributed by atoms with E-state index in [-0.39, 0.29) is 10.8 Å². The van der Waals surface area contributed by atoms with Crippen molar-refractivity contribution in [2.75, 3.05) is 13.1 Å². The van der Waals surface area contributed by atoms with Crippen LogP contribution in [-0.2, 0) is 9.05 Å². The monoisotopic (exact) mass is 315 g/mol. The molecule has 1 aliphatic heterocycles. The van der Waals surface area contributed by atoms with Crippen LogP contribution in [-0.4, -0.2) is 32.3 Å². The van der Waals surface area contributed by atoms with Crippen LogP contribution in [0.1, 0.15) is 30.6 Å². The van der Waals surface area contributed by atoms with Crippen LogP contribution in [0.3, 0.4) is 0 Å². The molecule has 0 bridgehead atoms. The summed E-state index contributed by atoms with van der Waals surface area (Å²) in [7, 11) is 1.51. The molecule has 110 valence electrons. The van der Waals surface area contributed by atoms with Crippen molar-refractivity contribution in [3.63, 3.8) is 0 Å². The molecule has 2 rings (SSSR count). The normalized spacial score (nSPS) is 19.6. The highest BCUT2D eigenvalue weighted by molar-refractivity contribution is 8.13. The van der Waals surface area contributed by atoms with E-state index in [0.717, 1.165) is 19.5 Å². The Morgan fingerprint density at radius 1 is 1.30 bits per heavy atom. The number of likely N-dealkylation sites (tertiary alicyclic amines) is 1. The van der Waals surface area contributed by atoms with Crippen molar-refractivity contribution in [3.05, 3.63) is 29.8 Å². The van der Waals surface area contributed by atoms with Gasteiger partial charge in [-0.15, -0.1) is 0 Å². The summed E-state index contributed by atoms with van der Waals surface area (Å²) < 4.78 is 22.3. The molecule has 0 saturated carbocycles. The molecule has 1 heterocycles. The van der Waals surface area contributed by atoms with Gasteiger partial charge < -0.3 is 4.90 Å². The molecule has 1 aromatic rings. The van der Waals surface area contributed by atoms with Gasteiger partial charge in [0, 0.05) is 29.3 Å². The molecular weight excluding hydrogens is 298 g/mol. The van der Waals surface area contributed by atoms with E-state index in [1.807, 2.05) is 4.90 Å². The summed E-state index contributed by atoms with van der Waals surface area (Å²) in [5, 5.41) is 0. The second-order valence-electron chi connectivity index (χ2n) is 5.51. The minimum absolute atomic E-state index is 0.0113. The van der Waals surface area contributed by atoms with Gasteiger partial charge in [0.2, 0.25) is 0 Å². The SMILES string of the molecule is CC(C)C1CCN(C(=O)c2ccc(S(=O)(=O)Cl)cc2)C1. The van der Waals surface area contributed by atoms with Crippen LogP contribution in [0.25, 0.3) is 0 Å².